The van der Waals surface area contributed by atoms with Gasteiger partial charge in [0.1, 0.15) is 5.76 Å². The van der Waals surface area contributed by atoms with Gasteiger partial charge in [-0.15, -0.1) is 0 Å². The molecule has 1 nitrogen and oxygen atoms in total. The van der Waals surface area contributed by atoms with Gasteiger partial charge in [-0.1, -0.05) is 0 Å². The SMILES string of the molecule is Cc1cc(Br)c(F)c(Br)c1-c1ccco1. The van der Waals surface area contributed by atoms with Gasteiger partial charge in [-0.25, -0.2) is 4.39 Å². The van der Waals surface area contributed by atoms with Crippen LogP contribution in [0.2, 0.25) is 0 Å². The molecular formula is C11H7Br2FO. The van der Waals surface area contributed by atoms with E-state index in [0.29, 0.717) is 14.7 Å². The van der Waals surface area contributed by atoms with Crippen molar-refractivity contribution in [2.45, 2.75) is 6.92 Å². The van der Waals surface area contributed by atoms with Crippen LogP contribution in [0.3, 0.4) is 0 Å². The van der Waals surface area contributed by atoms with Crippen LogP contribution < -0.4 is 0 Å². The predicted octanol–water partition coefficient (Wildman–Crippen LogP) is 4.92. The molecule has 0 saturated carbocycles. The van der Waals surface area contributed by atoms with Crippen LogP contribution in [0.5, 0.6) is 0 Å². The second-order valence-corrected chi connectivity index (χ2v) is 4.80. The zero-order valence-electron chi connectivity index (χ0n) is 7.85. The lowest BCUT2D eigenvalue weighted by Crippen LogP contribution is -1.89. The molecule has 0 amide bonds. The van der Waals surface area contributed by atoms with E-state index < -0.39 is 0 Å². The third-order valence-corrected chi connectivity index (χ3v) is 3.45. The van der Waals surface area contributed by atoms with E-state index in [4.69, 9.17) is 4.42 Å². The van der Waals surface area contributed by atoms with E-state index in [1.807, 2.05) is 6.92 Å². The summed E-state index contributed by atoms with van der Waals surface area (Å²) < 4.78 is 19.8. The number of halogens is 3. The van der Waals surface area contributed by atoms with Crippen molar-refractivity contribution in [2.24, 2.45) is 0 Å². The second kappa shape index (κ2) is 4.10. The van der Waals surface area contributed by atoms with Crippen LogP contribution in [-0.2, 0) is 0 Å². The molecule has 1 heterocycles. The standard InChI is InChI=1S/C11H7Br2FO/c1-6-5-7(12)11(14)10(13)9(6)8-3-2-4-15-8/h2-5H,1H3. The maximum atomic E-state index is 13.6. The Morgan fingerprint density at radius 3 is 2.67 bits per heavy atom. The first-order chi connectivity index (χ1) is 7.11. The smallest absolute Gasteiger partial charge is 0.152 e. The molecule has 0 spiro atoms. The Balaban J connectivity index is 2.72. The number of furan rings is 1. The summed E-state index contributed by atoms with van der Waals surface area (Å²) in [5.41, 5.74) is 1.70. The molecule has 1 aromatic carbocycles. The molecule has 2 aromatic rings. The monoisotopic (exact) mass is 332 g/mol. The summed E-state index contributed by atoms with van der Waals surface area (Å²) >= 11 is 6.40. The van der Waals surface area contributed by atoms with Gasteiger partial charge in [-0.3, -0.25) is 0 Å². The topological polar surface area (TPSA) is 13.1 Å². The largest absolute Gasteiger partial charge is 0.464 e. The van der Waals surface area contributed by atoms with Crippen molar-refractivity contribution in [1.82, 2.24) is 0 Å². The molecule has 0 aliphatic heterocycles. The molecule has 0 aliphatic carbocycles. The van der Waals surface area contributed by atoms with Crippen molar-refractivity contribution in [3.05, 3.63) is 44.8 Å². The molecule has 0 saturated heterocycles. The number of rotatable bonds is 1. The molecule has 15 heavy (non-hydrogen) atoms. The van der Waals surface area contributed by atoms with Crippen molar-refractivity contribution in [1.29, 1.82) is 0 Å². The van der Waals surface area contributed by atoms with Crippen LogP contribution in [0.4, 0.5) is 4.39 Å². The minimum Gasteiger partial charge on any atom is -0.464 e. The van der Waals surface area contributed by atoms with E-state index in [1.54, 1.807) is 24.5 Å². The van der Waals surface area contributed by atoms with Gasteiger partial charge < -0.3 is 4.42 Å². The quantitative estimate of drug-likeness (QED) is 0.675. The van der Waals surface area contributed by atoms with Gasteiger partial charge in [0, 0.05) is 5.56 Å². The van der Waals surface area contributed by atoms with Crippen molar-refractivity contribution in [2.75, 3.05) is 0 Å². The summed E-state index contributed by atoms with van der Waals surface area (Å²) in [6.45, 7) is 1.91. The highest BCUT2D eigenvalue weighted by atomic mass is 79.9. The minimum absolute atomic E-state index is 0.313. The van der Waals surface area contributed by atoms with Gasteiger partial charge in [0.25, 0.3) is 0 Å². The fourth-order valence-electron chi connectivity index (χ4n) is 1.44. The average molecular weight is 334 g/mol. The summed E-state index contributed by atoms with van der Waals surface area (Å²) in [5.74, 6) is 0.345. The predicted molar refractivity (Wildman–Crippen MR) is 64.2 cm³/mol. The Bertz CT molecular complexity index is 492. The van der Waals surface area contributed by atoms with Gasteiger partial charge in [0.05, 0.1) is 15.2 Å². The molecule has 0 N–H and O–H groups in total. The fourth-order valence-corrected chi connectivity index (χ4v) is 2.97. The van der Waals surface area contributed by atoms with Gasteiger partial charge in [-0.05, 0) is 62.5 Å². The lowest BCUT2D eigenvalue weighted by molar-refractivity contribution is 0.577. The highest BCUT2D eigenvalue weighted by molar-refractivity contribution is 9.11. The maximum Gasteiger partial charge on any atom is 0.152 e. The van der Waals surface area contributed by atoms with E-state index in [1.165, 1.54) is 0 Å². The molecule has 0 atom stereocenters. The van der Waals surface area contributed by atoms with Crippen molar-refractivity contribution in [3.63, 3.8) is 0 Å². The first kappa shape index (κ1) is 10.9. The zero-order valence-corrected chi connectivity index (χ0v) is 11.0. The van der Waals surface area contributed by atoms with Crippen molar-refractivity contribution >= 4 is 31.9 Å². The van der Waals surface area contributed by atoms with Crippen LogP contribution in [-0.4, -0.2) is 0 Å². The molecule has 0 unspecified atom stereocenters. The number of hydrogen-bond donors (Lipinski definition) is 0. The van der Waals surface area contributed by atoms with Crippen molar-refractivity contribution in [3.8, 4) is 11.3 Å². The van der Waals surface area contributed by atoms with E-state index in [2.05, 4.69) is 31.9 Å². The van der Waals surface area contributed by atoms with Gasteiger partial charge >= 0.3 is 0 Å². The van der Waals surface area contributed by atoms with E-state index >= 15 is 0 Å². The van der Waals surface area contributed by atoms with Gasteiger partial charge in [0.15, 0.2) is 5.82 Å². The maximum absolute atomic E-state index is 13.6. The first-order valence-corrected chi connectivity index (χ1v) is 5.88. The number of hydrogen-bond acceptors (Lipinski definition) is 1. The first-order valence-electron chi connectivity index (χ1n) is 4.29. The molecule has 0 fully saturated rings. The van der Waals surface area contributed by atoms with Crippen LogP contribution >= 0.6 is 31.9 Å². The van der Waals surface area contributed by atoms with E-state index in [9.17, 15) is 4.39 Å². The van der Waals surface area contributed by atoms with Crippen LogP contribution in [0.15, 0.2) is 37.8 Å². The van der Waals surface area contributed by atoms with E-state index in [0.717, 1.165) is 11.1 Å². The zero-order chi connectivity index (χ0) is 11.0. The molecule has 1 aromatic heterocycles. The molecule has 78 valence electrons. The molecular weight excluding hydrogens is 327 g/mol. The Hall–Kier alpha value is -0.610. The average Bonchev–Trinajstić information content (AvgIpc) is 2.68. The van der Waals surface area contributed by atoms with Crippen LogP contribution in [0.1, 0.15) is 5.56 Å². The number of aryl methyl sites for hydroxylation is 1. The molecule has 4 heteroatoms. The summed E-state index contributed by atoms with van der Waals surface area (Å²) in [4.78, 5) is 0. The third-order valence-electron chi connectivity index (χ3n) is 2.13. The summed E-state index contributed by atoms with van der Waals surface area (Å²) in [6.07, 6.45) is 1.57. The van der Waals surface area contributed by atoms with E-state index in [-0.39, 0.29) is 5.82 Å². The molecule has 0 bridgehead atoms. The Labute approximate surface area is 104 Å². The molecule has 0 radical (unpaired) electrons. The third kappa shape index (κ3) is 1.88. The lowest BCUT2D eigenvalue weighted by atomic mass is 10.1. The van der Waals surface area contributed by atoms with Crippen LogP contribution in [0, 0.1) is 12.7 Å². The summed E-state index contributed by atoms with van der Waals surface area (Å²) in [6, 6.07) is 5.32. The minimum atomic E-state index is -0.313. The van der Waals surface area contributed by atoms with Gasteiger partial charge in [-0.2, -0.15) is 0 Å². The van der Waals surface area contributed by atoms with Crippen molar-refractivity contribution < 1.29 is 8.81 Å². The summed E-state index contributed by atoms with van der Waals surface area (Å²) in [7, 11) is 0. The van der Waals surface area contributed by atoms with Gasteiger partial charge in [0.2, 0.25) is 0 Å². The Kier molecular flexibility index (Phi) is 2.98. The number of benzene rings is 1. The highest BCUT2D eigenvalue weighted by Gasteiger charge is 2.16. The Morgan fingerprint density at radius 1 is 1.33 bits per heavy atom. The molecule has 0 aliphatic rings. The molecule has 2 rings (SSSR count). The second-order valence-electron chi connectivity index (χ2n) is 3.16. The highest BCUT2D eigenvalue weighted by Crippen LogP contribution is 2.37. The lowest BCUT2D eigenvalue weighted by Gasteiger charge is -2.08. The fraction of sp³-hybridized carbons (Fsp3) is 0.0909. The normalized spacial score (nSPS) is 10.7. The van der Waals surface area contributed by atoms with Crippen LogP contribution in [0.25, 0.3) is 11.3 Å². The Morgan fingerprint density at radius 2 is 2.07 bits per heavy atom. The summed E-state index contributed by atoms with van der Waals surface area (Å²) in [5, 5.41) is 0.